The number of piperidine rings is 1. The Balaban J connectivity index is 1.85. The number of aromatic nitrogens is 2. The first-order chi connectivity index (χ1) is 10.3. The fourth-order valence-electron chi connectivity index (χ4n) is 3.14. The number of hydrogen-bond acceptors (Lipinski definition) is 3. The molecule has 0 spiro atoms. The third-order valence-electron chi connectivity index (χ3n) is 4.29. The van der Waals surface area contributed by atoms with Crippen LogP contribution in [0.1, 0.15) is 36.2 Å². The number of amides is 1. The van der Waals surface area contributed by atoms with Gasteiger partial charge in [-0.05, 0) is 45.3 Å². The number of rotatable bonds is 4. The van der Waals surface area contributed by atoms with E-state index in [-0.39, 0.29) is 5.91 Å². The highest BCUT2D eigenvalue weighted by atomic mass is 16.2. The van der Waals surface area contributed by atoms with Crippen molar-refractivity contribution < 1.29 is 4.79 Å². The van der Waals surface area contributed by atoms with E-state index in [2.05, 4.69) is 15.5 Å². The summed E-state index contributed by atoms with van der Waals surface area (Å²) >= 11 is 0. The molecule has 0 aliphatic carbocycles. The molecule has 0 saturated carbocycles. The lowest BCUT2D eigenvalue weighted by molar-refractivity contribution is 0.0598. The molecule has 2 heterocycles. The van der Waals surface area contributed by atoms with Crippen molar-refractivity contribution in [2.24, 2.45) is 0 Å². The molecule has 1 atom stereocenters. The van der Waals surface area contributed by atoms with Crippen LogP contribution in [-0.4, -0.2) is 47.2 Å². The lowest BCUT2D eigenvalue weighted by Gasteiger charge is -2.35. The van der Waals surface area contributed by atoms with Gasteiger partial charge in [-0.25, -0.2) is 0 Å². The first-order valence-corrected chi connectivity index (χ1v) is 7.70. The molecule has 2 aromatic rings. The van der Waals surface area contributed by atoms with Crippen LogP contribution in [0.25, 0.3) is 10.9 Å². The number of fused-ring (bicyclic) bond motifs is 1. The Labute approximate surface area is 124 Å². The molecule has 3 rings (SSSR count). The zero-order valence-corrected chi connectivity index (χ0v) is 12.4. The van der Waals surface area contributed by atoms with Crippen molar-refractivity contribution in [1.82, 2.24) is 20.4 Å². The molecule has 1 aliphatic heterocycles. The second-order valence-electron chi connectivity index (χ2n) is 5.66. The average Bonchev–Trinajstić information content (AvgIpc) is 2.96. The summed E-state index contributed by atoms with van der Waals surface area (Å²) < 4.78 is 0. The van der Waals surface area contributed by atoms with Gasteiger partial charge in [0, 0.05) is 18.0 Å². The van der Waals surface area contributed by atoms with Gasteiger partial charge < -0.3 is 10.2 Å². The van der Waals surface area contributed by atoms with Gasteiger partial charge in [-0.3, -0.25) is 9.89 Å². The van der Waals surface area contributed by atoms with Crippen LogP contribution in [0.15, 0.2) is 24.3 Å². The van der Waals surface area contributed by atoms with Gasteiger partial charge in [0.1, 0.15) is 0 Å². The zero-order chi connectivity index (χ0) is 14.7. The van der Waals surface area contributed by atoms with E-state index < -0.39 is 0 Å². The summed E-state index contributed by atoms with van der Waals surface area (Å²) in [5.74, 6) is 0.0632. The van der Waals surface area contributed by atoms with Gasteiger partial charge in [-0.2, -0.15) is 5.10 Å². The Hall–Kier alpha value is -1.88. The SMILES string of the molecule is CNCCC1CCCCN1C(=O)c1n[nH]c2ccccc12. The summed E-state index contributed by atoms with van der Waals surface area (Å²) in [6.45, 7) is 1.78. The number of aromatic amines is 1. The molecule has 1 fully saturated rings. The Kier molecular flexibility index (Phi) is 4.20. The fourth-order valence-corrected chi connectivity index (χ4v) is 3.14. The number of carbonyl (C=O) groups is 1. The highest BCUT2D eigenvalue weighted by Crippen LogP contribution is 2.24. The predicted molar refractivity (Wildman–Crippen MR) is 83.3 cm³/mol. The van der Waals surface area contributed by atoms with Gasteiger partial charge in [0.2, 0.25) is 0 Å². The quantitative estimate of drug-likeness (QED) is 0.905. The van der Waals surface area contributed by atoms with Gasteiger partial charge in [0.25, 0.3) is 5.91 Å². The standard InChI is InChI=1S/C16H22N4O/c1-17-10-9-12-6-4-5-11-20(12)16(21)15-13-7-2-3-8-14(13)18-19-15/h2-3,7-8,12,17H,4-6,9-11H2,1H3,(H,18,19). The van der Waals surface area contributed by atoms with Crippen molar-refractivity contribution in [2.45, 2.75) is 31.7 Å². The predicted octanol–water partition coefficient (Wildman–Crippen LogP) is 2.17. The van der Waals surface area contributed by atoms with Gasteiger partial charge in [0.15, 0.2) is 5.69 Å². The average molecular weight is 286 g/mol. The van der Waals surface area contributed by atoms with E-state index in [1.807, 2.05) is 36.2 Å². The molecule has 1 aromatic heterocycles. The maximum atomic E-state index is 12.9. The molecular weight excluding hydrogens is 264 g/mol. The minimum Gasteiger partial charge on any atom is -0.334 e. The van der Waals surface area contributed by atoms with Crippen LogP contribution in [0.5, 0.6) is 0 Å². The molecule has 1 amide bonds. The molecule has 1 unspecified atom stereocenters. The van der Waals surface area contributed by atoms with Crippen molar-refractivity contribution in [3.8, 4) is 0 Å². The maximum Gasteiger partial charge on any atom is 0.275 e. The number of nitrogens with zero attached hydrogens (tertiary/aromatic N) is 2. The summed E-state index contributed by atoms with van der Waals surface area (Å²) in [5.41, 5.74) is 1.48. The molecule has 0 bridgehead atoms. The summed E-state index contributed by atoms with van der Waals surface area (Å²) in [7, 11) is 1.95. The van der Waals surface area contributed by atoms with Gasteiger partial charge in [0.05, 0.1) is 5.52 Å². The number of H-pyrrole nitrogens is 1. The van der Waals surface area contributed by atoms with Crippen LogP contribution in [0.4, 0.5) is 0 Å². The monoisotopic (exact) mass is 286 g/mol. The number of nitrogens with one attached hydrogen (secondary N) is 2. The summed E-state index contributed by atoms with van der Waals surface area (Å²) in [4.78, 5) is 14.9. The number of hydrogen-bond donors (Lipinski definition) is 2. The molecule has 1 aliphatic rings. The van der Waals surface area contributed by atoms with Crippen molar-refractivity contribution in [3.05, 3.63) is 30.0 Å². The molecule has 2 N–H and O–H groups in total. The largest absolute Gasteiger partial charge is 0.334 e. The van der Waals surface area contributed by atoms with Crippen LogP contribution in [0, 0.1) is 0 Å². The smallest absolute Gasteiger partial charge is 0.275 e. The lowest BCUT2D eigenvalue weighted by Crippen LogP contribution is -2.45. The highest BCUT2D eigenvalue weighted by Gasteiger charge is 2.29. The topological polar surface area (TPSA) is 61.0 Å². The number of likely N-dealkylation sites (tertiary alicyclic amines) is 1. The third kappa shape index (κ3) is 2.78. The minimum absolute atomic E-state index is 0.0632. The van der Waals surface area contributed by atoms with E-state index in [0.717, 1.165) is 43.3 Å². The first-order valence-electron chi connectivity index (χ1n) is 7.70. The Morgan fingerprint density at radius 3 is 3.14 bits per heavy atom. The van der Waals surface area contributed by atoms with Crippen molar-refractivity contribution in [1.29, 1.82) is 0 Å². The Bertz CT molecular complexity index is 622. The van der Waals surface area contributed by atoms with Crippen LogP contribution < -0.4 is 5.32 Å². The normalized spacial score (nSPS) is 19.1. The van der Waals surface area contributed by atoms with E-state index in [4.69, 9.17) is 0 Å². The van der Waals surface area contributed by atoms with E-state index >= 15 is 0 Å². The maximum absolute atomic E-state index is 12.9. The van der Waals surface area contributed by atoms with Crippen molar-refractivity contribution >= 4 is 16.8 Å². The van der Waals surface area contributed by atoms with E-state index in [9.17, 15) is 4.79 Å². The summed E-state index contributed by atoms with van der Waals surface area (Å²) in [6.07, 6.45) is 4.39. The molecular formula is C16H22N4O. The van der Waals surface area contributed by atoms with Crippen molar-refractivity contribution in [2.75, 3.05) is 20.1 Å². The first kappa shape index (κ1) is 14.1. The van der Waals surface area contributed by atoms with Gasteiger partial charge in [-0.15, -0.1) is 0 Å². The van der Waals surface area contributed by atoms with Crippen molar-refractivity contribution in [3.63, 3.8) is 0 Å². The molecule has 5 heteroatoms. The number of benzene rings is 1. The minimum atomic E-state index is 0.0632. The molecule has 21 heavy (non-hydrogen) atoms. The number of para-hydroxylation sites is 1. The lowest BCUT2D eigenvalue weighted by atomic mass is 9.98. The van der Waals surface area contributed by atoms with Crippen LogP contribution in [0.2, 0.25) is 0 Å². The molecule has 1 saturated heterocycles. The van der Waals surface area contributed by atoms with Crippen LogP contribution in [0.3, 0.4) is 0 Å². The Morgan fingerprint density at radius 2 is 2.29 bits per heavy atom. The van der Waals surface area contributed by atoms with Gasteiger partial charge >= 0.3 is 0 Å². The van der Waals surface area contributed by atoms with E-state index in [0.29, 0.717) is 11.7 Å². The highest BCUT2D eigenvalue weighted by molar-refractivity contribution is 6.04. The summed E-state index contributed by atoms with van der Waals surface area (Å²) in [6, 6.07) is 8.13. The number of carbonyl (C=O) groups excluding carboxylic acids is 1. The van der Waals surface area contributed by atoms with E-state index in [1.165, 1.54) is 6.42 Å². The fraction of sp³-hybridized carbons (Fsp3) is 0.500. The van der Waals surface area contributed by atoms with Crippen LogP contribution in [-0.2, 0) is 0 Å². The Morgan fingerprint density at radius 1 is 1.43 bits per heavy atom. The molecule has 5 nitrogen and oxygen atoms in total. The second-order valence-corrected chi connectivity index (χ2v) is 5.66. The second kappa shape index (κ2) is 6.26. The third-order valence-corrected chi connectivity index (χ3v) is 4.29. The zero-order valence-electron chi connectivity index (χ0n) is 12.4. The van der Waals surface area contributed by atoms with E-state index in [1.54, 1.807) is 0 Å². The molecule has 112 valence electrons. The molecule has 1 aromatic carbocycles. The summed E-state index contributed by atoms with van der Waals surface area (Å²) in [5, 5.41) is 11.3. The molecule has 0 radical (unpaired) electrons. The van der Waals surface area contributed by atoms with Crippen LogP contribution >= 0.6 is 0 Å². The van der Waals surface area contributed by atoms with Gasteiger partial charge in [-0.1, -0.05) is 18.2 Å².